The SMILES string of the molecule is O=C(Nc1ccncc1Nc1ccc(F)cc1)c1ccnc(Cl)c1. The predicted octanol–water partition coefficient (Wildman–Crippen LogP) is 4.27. The molecule has 0 fully saturated rings. The van der Waals surface area contributed by atoms with E-state index in [2.05, 4.69) is 20.6 Å². The maximum absolute atomic E-state index is 13.0. The van der Waals surface area contributed by atoms with Crippen molar-refractivity contribution in [2.24, 2.45) is 0 Å². The molecule has 0 atom stereocenters. The summed E-state index contributed by atoms with van der Waals surface area (Å²) in [6, 6.07) is 10.6. The van der Waals surface area contributed by atoms with E-state index in [-0.39, 0.29) is 16.9 Å². The summed E-state index contributed by atoms with van der Waals surface area (Å²) in [7, 11) is 0. The lowest BCUT2D eigenvalue weighted by molar-refractivity contribution is 0.102. The van der Waals surface area contributed by atoms with Gasteiger partial charge in [-0.25, -0.2) is 9.37 Å². The minimum absolute atomic E-state index is 0.238. The normalized spacial score (nSPS) is 10.2. The van der Waals surface area contributed by atoms with Crippen molar-refractivity contribution in [2.75, 3.05) is 10.6 Å². The lowest BCUT2D eigenvalue weighted by Crippen LogP contribution is -2.13. The Labute approximate surface area is 142 Å². The molecular formula is C17H12ClFN4O. The minimum atomic E-state index is -0.326. The highest BCUT2D eigenvalue weighted by atomic mass is 35.5. The number of nitrogens with one attached hydrogen (secondary N) is 2. The van der Waals surface area contributed by atoms with Crippen LogP contribution in [0, 0.1) is 5.82 Å². The van der Waals surface area contributed by atoms with Gasteiger partial charge < -0.3 is 10.6 Å². The number of halogens is 2. The average Bonchev–Trinajstić information content (AvgIpc) is 2.58. The molecule has 0 radical (unpaired) electrons. The van der Waals surface area contributed by atoms with E-state index in [1.54, 1.807) is 36.7 Å². The number of amides is 1. The van der Waals surface area contributed by atoms with Crippen LogP contribution < -0.4 is 10.6 Å². The van der Waals surface area contributed by atoms with Gasteiger partial charge in [0.25, 0.3) is 5.91 Å². The molecule has 3 rings (SSSR count). The molecule has 1 aromatic carbocycles. The van der Waals surface area contributed by atoms with E-state index in [9.17, 15) is 9.18 Å². The summed E-state index contributed by atoms with van der Waals surface area (Å²) >= 11 is 5.80. The van der Waals surface area contributed by atoms with Crippen LogP contribution in [0.15, 0.2) is 61.1 Å². The molecule has 5 nitrogen and oxygen atoms in total. The number of benzene rings is 1. The Balaban J connectivity index is 1.81. The van der Waals surface area contributed by atoms with Gasteiger partial charge in [0.15, 0.2) is 0 Å². The van der Waals surface area contributed by atoms with Gasteiger partial charge in [-0.2, -0.15) is 0 Å². The number of carbonyl (C=O) groups excluding carboxylic acids is 1. The first-order valence-corrected chi connectivity index (χ1v) is 7.39. The second-order valence-corrected chi connectivity index (χ2v) is 5.26. The summed E-state index contributed by atoms with van der Waals surface area (Å²) in [6.45, 7) is 0. The van der Waals surface area contributed by atoms with E-state index >= 15 is 0 Å². The molecule has 0 bridgehead atoms. The Hall–Kier alpha value is -2.99. The smallest absolute Gasteiger partial charge is 0.255 e. The Morgan fingerprint density at radius 3 is 2.58 bits per heavy atom. The topological polar surface area (TPSA) is 66.9 Å². The van der Waals surface area contributed by atoms with Crippen molar-refractivity contribution in [3.63, 3.8) is 0 Å². The van der Waals surface area contributed by atoms with Crippen molar-refractivity contribution >= 4 is 34.6 Å². The Morgan fingerprint density at radius 2 is 1.83 bits per heavy atom. The lowest BCUT2D eigenvalue weighted by Gasteiger charge is -2.12. The summed E-state index contributed by atoms with van der Waals surface area (Å²) in [5.41, 5.74) is 2.18. The fourth-order valence-electron chi connectivity index (χ4n) is 2.03. The second kappa shape index (κ2) is 7.06. The van der Waals surface area contributed by atoms with Crippen LogP contribution in [-0.2, 0) is 0 Å². The summed E-state index contributed by atoms with van der Waals surface area (Å²) in [4.78, 5) is 20.2. The van der Waals surface area contributed by atoms with Gasteiger partial charge in [-0.1, -0.05) is 11.6 Å². The molecule has 24 heavy (non-hydrogen) atoms. The van der Waals surface area contributed by atoms with Gasteiger partial charge in [0.05, 0.1) is 17.6 Å². The number of hydrogen-bond donors (Lipinski definition) is 2. The fourth-order valence-corrected chi connectivity index (χ4v) is 2.20. The van der Waals surface area contributed by atoms with Gasteiger partial charge in [0, 0.05) is 23.6 Å². The second-order valence-electron chi connectivity index (χ2n) is 4.87. The third kappa shape index (κ3) is 3.85. The molecule has 1 amide bonds. The van der Waals surface area contributed by atoms with E-state index in [4.69, 9.17) is 11.6 Å². The van der Waals surface area contributed by atoms with Crippen LogP contribution in [0.4, 0.5) is 21.5 Å². The molecule has 2 N–H and O–H groups in total. The van der Waals surface area contributed by atoms with Crippen LogP contribution in [0.25, 0.3) is 0 Å². The van der Waals surface area contributed by atoms with Crippen LogP contribution in [0.3, 0.4) is 0 Å². The molecule has 120 valence electrons. The minimum Gasteiger partial charge on any atom is -0.353 e. The number of anilines is 3. The van der Waals surface area contributed by atoms with Crippen LogP contribution >= 0.6 is 11.6 Å². The molecule has 0 aliphatic heterocycles. The Kier molecular flexibility index (Phi) is 4.67. The van der Waals surface area contributed by atoms with Crippen LogP contribution in [0.1, 0.15) is 10.4 Å². The molecule has 2 aromatic heterocycles. The fraction of sp³-hybridized carbons (Fsp3) is 0. The molecule has 0 saturated carbocycles. The molecule has 0 unspecified atom stereocenters. The third-order valence-electron chi connectivity index (χ3n) is 3.18. The van der Waals surface area contributed by atoms with Gasteiger partial charge in [0.1, 0.15) is 11.0 Å². The van der Waals surface area contributed by atoms with E-state index in [1.807, 2.05) is 0 Å². The van der Waals surface area contributed by atoms with Crippen LogP contribution in [-0.4, -0.2) is 15.9 Å². The van der Waals surface area contributed by atoms with Crippen molar-refractivity contribution < 1.29 is 9.18 Å². The van der Waals surface area contributed by atoms with Crippen molar-refractivity contribution in [3.05, 3.63) is 77.6 Å². The van der Waals surface area contributed by atoms with Crippen molar-refractivity contribution in [3.8, 4) is 0 Å². The molecular weight excluding hydrogens is 331 g/mol. The third-order valence-corrected chi connectivity index (χ3v) is 3.39. The summed E-state index contributed by atoms with van der Waals surface area (Å²) in [5, 5.41) is 6.11. The highest BCUT2D eigenvalue weighted by molar-refractivity contribution is 6.29. The molecule has 3 aromatic rings. The van der Waals surface area contributed by atoms with Gasteiger partial charge in [0.2, 0.25) is 0 Å². The van der Waals surface area contributed by atoms with Crippen LogP contribution in [0.5, 0.6) is 0 Å². The summed E-state index contributed by atoms with van der Waals surface area (Å²) in [5.74, 6) is -0.650. The molecule has 0 aliphatic rings. The number of rotatable bonds is 4. The number of pyridine rings is 2. The van der Waals surface area contributed by atoms with E-state index in [1.165, 1.54) is 24.4 Å². The van der Waals surface area contributed by atoms with Gasteiger partial charge in [-0.05, 0) is 42.5 Å². The van der Waals surface area contributed by atoms with E-state index in [0.717, 1.165) is 0 Å². The molecule has 7 heteroatoms. The van der Waals surface area contributed by atoms with E-state index < -0.39 is 0 Å². The van der Waals surface area contributed by atoms with Crippen LogP contribution in [0.2, 0.25) is 5.15 Å². The van der Waals surface area contributed by atoms with Gasteiger partial charge >= 0.3 is 0 Å². The van der Waals surface area contributed by atoms with E-state index in [0.29, 0.717) is 22.6 Å². The number of hydrogen-bond acceptors (Lipinski definition) is 4. The standard InChI is InChI=1S/C17H12ClFN4O/c18-16-9-11(5-8-21-16)17(24)23-14-6-7-20-10-15(14)22-13-3-1-12(19)2-4-13/h1-10,22H,(H,20,23,24). The first-order valence-electron chi connectivity index (χ1n) is 7.01. The highest BCUT2D eigenvalue weighted by Crippen LogP contribution is 2.25. The van der Waals surface area contributed by atoms with Gasteiger partial charge in [-0.15, -0.1) is 0 Å². The lowest BCUT2D eigenvalue weighted by atomic mass is 10.2. The maximum atomic E-state index is 13.0. The zero-order valence-corrected chi connectivity index (χ0v) is 13.1. The number of aromatic nitrogens is 2. The summed E-state index contributed by atoms with van der Waals surface area (Å²) < 4.78 is 13.0. The summed E-state index contributed by atoms with van der Waals surface area (Å²) in [6.07, 6.45) is 4.59. The zero-order chi connectivity index (χ0) is 16.9. The highest BCUT2D eigenvalue weighted by Gasteiger charge is 2.10. The first kappa shape index (κ1) is 15.9. The number of carbonyl (C=O) groups is 1. The Morgan fingerprint density at radius 1 is 1.04 bits per heavy atom. The van der Waals surface area contributed by atoms with Crippen molar-refractivity contribution in [1.82, 2.24) is 9.97 Å². The molecule has 0 aliphatic carbocycles. The first-order chi connectivity index (χ1) is 11.6. The number of nitrogens with zero attached hydrogens (tertiary/aromatic N) is 2. The van der Waals surface area contributed by atoms with Gasteiger partial charge in [-0.3, -0.25) is 9.78 Å². The molecule has 2 heterocycles. The monoisotopic (exact) mass is 342 g/mol. The average molecular weight is 343 g/mol. The largest absolute Gasteiger partial charge is 0.353 e. The molecule has 0 spiro atoms. The predicted molar refractivity (Wildman–Crippen MR) is 91.1 cm³/mol. The zero-order valence-electron chi connectivity index (χ0n) is 12.3. The van der Waals surface area contributed by atoms with Crippen molar-refractivity contribution in [2.45, 2.75) is 0 Å². The van der Waals surface area contributed by atoms with Crippen molar-refractivity contribution in [1.29, 1.82) is 0 Å². The Bertz CT molecular complexity index is 870. The maximum Gasteiger partial charge on any atom is 0.255 e. The quantitative estimate of drug-likeness (QED) is 0.695. The molecule has 0 saturated heterocycles.